The van der Waals surface area contributed by atoms with Crippen LogP contribution in [0.4, 0.5) is 32.6 Å². The molecule has 4 aliphatic heterocycles. The summed E-state index contributed by atoms with van der Waals surface area (Å²) in [7, 11) is 1.76. The number of nitrogens with one attached hydrogen (secondary N) is 2. The molecule has 4 saturated heterocycles. The Bertz CT molecular complexity index is 2930. The molecular formula is C51H51Cl3N10O4. The van der Waals surface area contributed by atoms with E-state index in [4.69, 9.17) is 39.8 Å². The van der Waals surface area contributed by atoms with Crippen molar-refractivity contribution in [1.29, 1.82) is 0 Å². The highest BCUT2D eigenvalue weighted by molar-refractivity contribution is 6.35. The summed E-state index contributed by atoms with van der Waals surface area (Å²) in [5.74, 6) is 1.72. The van der Waals surface area contributed by atoms with E-state index in [1.54, 1.807) is 63.2 Å². The lowest BCUT2D eigenvalue weighted by Crippen LogP contribution is -2.49. The van der Waals surface area contributed by atoms with Gasteiger partial charge in [-0.05, 0) is 89.8 Å². The van der Waals surface area contributed by atoms with E-state index in [0.717, 1.165) is 68.6 Å². The molecule has 4 aromatic carbocycles. The Kier molecular flexibility index (Phi) is 12.7. The largest absolute Gasteiger partial charge is 0.507 e. The number of nitrogens with zero attached hydrogens (tertiary/aromatic N) is 8. The van der Waals surface area contributed by atoms with Crippen LogP contribution in [0.5, 0.6) is 11.5 Å². The zero-order chi connectivity index (χ0) is 47.2. The van der Waals surface area contributed by atoms with Crippen molar-refractivity contribution < 1.29 is 19.8 Å². The number of carbonyl (C=O) groups excluding carboxylic acids is 2. The van der Waals surface area contributed by atoms with Crippen molar-refractivity contribution >= 4 is 69.9 Å². The highest BCUT2D eigenvalue weighted by Crippen LogP contribution is 2.45. The summed E-state index contributed by atoms with van der Waals surface area (Å²) >= 11 is 20.5. The maximum absolute atomic E-state index is 14.3. The van der Waals surface area contributed by atoms with Crippen molar-refractivity contribution in [2.24, 2.45) is 0 Å². The highest BCUT2D eigenvalue weighted by Gasteiger charge is 2.33. The number of aromatic hydroxyl groups is 2. The Morgan fingerprint density at radius 1 is 0.632 bits per heavy atom. The van der Waals surface area contributed by atoms with Gasteiger partial charge in [-0.1, -0.05) is 65.1 Å². The molecule has 1 atom stereocenters. The minimum atomic E-state index is -0.220. The molecule has 4 amide bonds. The third kappa shape index (κ3) is 8.94. The summed E-state index contributed by atoms with van der Waals surface area (Å²) in [6, 6.07) is 27.6. The normalized spacial score (nSPS) is 17.8. The summed E-state index contributed by atoms with van der Waals surface area (Å²) < 4.78 is 0. The average molecular weight is 974 g/mol. The topological polar surface area (TPSA) is 144 Å². The molecule has 4 aliphatic rings. The first-order valence-electron chi connectivity index (χ1n) is 22.9. The molecular weight excluding hydrogens is 923 g/mol. The predicted octanol–water partition coefficient (Wildman–Crippen LogP) is 9.04. The minimum Gasteiger partial charge on any atom is -0.507 e. The van der Waals surface area contributed by atoms with Crippen LogP contribution >= 0.6 is 34.8 Å². The van der Waals surface area contributed by atoms with Crippen LogP contribution in [-0.2, 0) is 6.54 Å². The van der Waals surface area contributed by atoms with Crippen LogP contribution in [0.1, 0.15) is 12.6 Å². The van der Waals surface area contributed by atoms with E-state index in [9.17, 15) is 19.8 Å². The molecule has 0 spiro atoms. The van der Waals surface area contributed by atoms with E-state index in [0.29, 0.717) is 91.7 Å². The van der Waals surface area contributed by atoms with Crippen molar-refractivity contribution in [3.63, 3.8) is 0 Å². The molecule has 0 radical (unpaired) electrons. The number of likely N-dealkylation sites (N-methyl/N-ethyl adjacent to an activating group) is 1. The molecule has 6 aromatic rings. The maximum atomic E-state index is 14.3. The van der Waals surface area contributed by atoms with Gasteiger partial charge in [0, 0.05) is 119 Å². The van der Waals surface area contributed by atoms with Gasteiger partial charge in [-0.25, -0.2) is 19.6 Å². The van der Waals surface area contributed by atoms with E-state index < -0.39 is 0 Å². The number of piperazine rings is 2. The standard InChI is InChI=1S/C51H51Cl3N10O4/c1-31-29-61(17-14-56-31)47-26-35(39-5-3-4-38(48(39)65)32-6-8-44(42(53)23-32)63-20-18-59(2)50(63)67)22-37(58-47)30-62-19-21-64(51(62)68)45-9-7-33(24-43(45)54)40-27-36(52)28-41(49(40)66)34-10-11-57-46(25-34)60-15-12-55-13-16-60/h3-11,22-28,31,55-56,65-66H,12-21,29-30H2,1-2H3/t31-/m1/s1. The fraction of sp³-hybridized carbons (Fsp3) is 0.294. The maximum Gasteiger partial charge on any atom is 0.325 e. The number of aromatic nitrogens is 2. The smallest absolute Gasteiger partial charge is 0.325 e. The van der Waals surface area contributed by atoms with E-state index in [-0.39, 0.29) is 36.1 Å². The lowest BCUT2D eigenvalue weighted by molar-refractivity contribution is 0.218. The van der Waals surface area contributed by atoms with Gasteiger partial charge in [-0.2, -0.15) is 0 Å². The number of benzene rings is 4. The number of phenolic OH excluding ortho intramolecular Hbond substituents is 2. The number of para-hydroxylation sites is 1. The Labute approximate surface area is 410 Å². The first-order chi connectivity index (χ1) is 32.9. The third-order valence-corrected chi connectivity index (χ3v) is 14.1. The van der Waals surface area contributed by atoms with Crippen LogP contribution in [-0.4, -0.2) is 127 Å². The van der Waals surface area contributed by atoms with E-state index in [1.807, 2.05) is 60.7 Å². The molecule has 17 heteroatoms. The van der Waals surface area contributed by atoms with Gasteiger partial charge in [0.15, 0.2) is 0 Å². The number of hydrogen-bond donors (Lipinski definition) is 4. The van der Waals surface area contributed by atoms with Gasteiger partial charge in [0.2, 0.25) is 0 Å². The SMILES string of the molecule is C[C@@H]1CN(c2cc(-c3cccc(-c4ccc(N5CCN(C)C5=O)c(Cl)c4)c3O)cc(CN3CCN(c4ccc(-c5cc(Cl)cc(-c6ccnc(N7CCNCC7)c6)c5O)cc4Cl)C3=O)n2)CCN1. The molecule has 4 N–H and O–H groups in total. The summed E-state index contributed by atoms with van der Waals surface area (Å²) in [4.78, 5) is 47.9. The number of amides is 4. The second-order valence-electron chi connectivity index (χ2n) is 17.7. The second kappa shape index (κ2) is 19.0. The Morgan fingerprint density at radius 2 is 1.24 bits per heavy atom. The highest BCUT2D eigenvalue weighted by atomic mass is 35.5. The summed E-state index contributed by atoms with van der Waals surface area (Å²) in [6.07, 6.45) is 1.75. The van der Waals surface area contributed by atoms with Crippen LogP contribution in [0, 0.1) is 0 Å². The molecule has 10 rings (SSSR count). The lowest BCUT2D eigenvalue weighted by Gasteiger charge is -2.33. The van der Waals surface area contributed by atoms with Crippen LogP contribution in [0.3, 0.4) is 0 Å². The van der Waals surface area contributed by atoms with Gasteiger partial charge in [-0.3, -0.25) is 9.80 Å². The van der Waals surface area contributed by atoms with Crippen molar-refractivity contribution in [3.8, 4) is 56.0 Å². The molecule has 350 valence electrons. The van der Waals surface area contributed by atoms with Crippen LogP contribution in [0.15, 0.2) is 97.2 Å². The number of hydrogen-bond acceptors (Lipinski definition) is 10. The number of anilines is 4. The van der Waals surface area contributed by atoms with Crippen LogP contribution in [0.2, 0.25) is 15.1 Å². The third-order valence-electron chi connectivity index (χ3n) is 13.2. The fourth-order valence-electron chi connectivity index (χ4n) is 9.62. The molecule has 0 saturated carbocycles. The number of urea groups is 2. The first kappa shape index (κ1) is 45.5. The van der Waals surface area contributed by atoms with Crippen molar-refractivity contribution in [2.45, 2.75) is 19.5 Å². The monoisotopic (exact) mass is 972 g/mol. The van der Waals surface area contributed by atoms with Crippen molar-refractivity contribution in [2.75, 3.05) is 98.6 Å². The number of halogens is 3. The second-order valence-corrected chi connectivity index (χ2v) is 19.0. The quantitative estimate of drug-likeness (QED) is 0.105. The summed E-state index contributed by atoms with van der Waals surface area (Å²) in [5.41, 5.74) is 7.01. The minimum absolute atomic E-state index is 0.0617. The zero-order valence-electron chi connectivity index (χ0n) is 37.7. The Balaban J connectivity index is 0.908. The van der Waals surface area contributed by atoms with Crippen LogP contribution < -0.4 is 30.2 Å². The Hall–Kier alpha value is -6.29. The van der Waals surface area contributed by atoms with Crippen molar-refractivity contribution in [3.05, 3.63) is 118 Å². The molecule has 68 heavy (non-hydrogen) atoms. The van der Waals surface area contributed by atoms with Crippen LogP contribution in [0.25, 0.3) is 44.5 Å². The molecule has 0 aliphatic carbocycles. The molecule has 0 unspecified atom stereocenters. The number of pyridine rings is 2. The molecule has 14 nitrogen and oxygen atoms in total. The lowest BCUT2D eigenvalue weighted by atomic mass is 9.97. The fourth-order valence-corrected chi connectivity index (χ4v) is 10.4. The molecule has 2 aromatic heterocycles. The predicted molar refractivity (Wildman–Crippen MR) is 272 cm³/mol. The molecule has 6 heterocycles. The van der Waals surface area contributed by atoms with Gasteiger partial charge >= 0.3 is 12.1 Å². The first-order valence-corrected chi connectivity index (χ1v) is 24.0. The van der Waals surface area contributed by atoms with E-state index >= 15 is 0 Å². The Morgan fingerprint density at radius 3 is 1.90 bits per heavy atom. The van der Waals surface area contributed by atoms with Gasteiger partial charge in [0.05, 0.1) is 33.7 Å². The average Bonchev–Trinajstić information content (AvgIpc) is 3.87. The number of carbonyl (C=O) groups is 2. The van der Waals surface area contributed by atoms with Gasteiger partial charge < -0.3 is 40.4 Å². The van der Waals surface area contributed by atoms with Gasteiger partial charge in [0.1, 0.15) is 23.1 Å². The zero-order valence-corrected chi connectivity index (χ0v) is 40.0. The van der Waals surface area contributed by atoms with Gasteiger partial charge in [-0.15, -0.1) is 0 Å². The van der Waals surface area contributed by atoms with E-state index in [1.165, 1.54) is 0 Å². The summed E-state index contributed by atoms with van der Waals surface area (Å²) in [6.45, 7) is 10.0. The van der Waals surface area contributed by atoms with Gasteiger partial charge in [0.25, 0.3) is 0 Å². The van der Waals surface area contributed by atoms with Crippen molar-refractivity contribution in [1.82, 2.24) is 30.4 Å². The summed E-state index contributed by atoms with van der Waals surface area (Å²) in [5, 5.41) is 31.8. The molecule has 4 fully saturated rings. The molecule has 0 bridgehead atoms. The van der Waals surface area contributed by atoms with E-state index in [2.05, 4.69) is 32.3 Å². The number of rotatable bonds is 10. The number of phenols is 2.